The zero-order valence-corrected chi connectivity index (χ0v) is 38.0. The Labute approximate surface area is 377 Å². The van der Waals surface area contributed by atoms with Crippen LogP contribution in [0.2, 0.25) is 0 Å². The normalized spacial score (nSPS) is 12.2. The van der Waals surface area contributed by atoms with E-state index in [0.29, 0.717) is 170 Å². The predicted molar refractivity (Wildman–Crippen MR) is 234 cm³/mol. The van der Waals surface area contributed by atoms with E-state index >= 15 is 0 Å². The molecule has 22 nitrogen and oxygen atoms in total. The Kier molecular flexibility index (Phi) is 39.6. The molecule has 0 aliphatic carbocycles. The van der Waals surface area contributed by atoms with Crippen molar-refractivity contribution in [3.8, 4) is 0 Å². The Bertz CT molecular complexity index is 1330. The highest BCUT2D eigenvalue weighted by Crippen LogP contribution is 2.10. The number of nitrogens with zero attached hydrogens (tertiary/aromatic N) is 3. The molecule has 22 heteroatoms. The zero-order valence-electron chi connectivity index (χ0n) is 38.0. The third-order valence-corrected chi connectivity index (χ3v) is 8.39. The first-order chi connectivity index (χ1) is 31.3. The first kappa shape index (κ1) is 58.4. The molecule has 0 spiro atoms. The minimum Gasteiger partial charge on any atom is -0.392 e. The molecular weight excluding hydrogens is 844 g/mol. The van der Waals surface area contributed by atoms with Crippen LogP contribution in [-0.2, 0) is 77.8 Å². The van der Waals surface area contributed by atoms with Crippen molar-refractivity contribution in [1.82, 2.24) is 10.6 Å². The fourth-order valence-electron chi connectivity index (χ4n) is 4.93. The molecule has 2 unspecified atom stereocenters. The van der Waals surface area contributed by atoms with Gasteiger partial charge in [0.2, 0.25) is 17.7 Å². The van der Waals surface area contributed by atoms with E-state index in [0.717, 1.165) is 0 Å². The number of amides is 3. The third-order valence-electron chi connectivity index (χ3n) is 8.39. The van der Waals surface area contributed by atoms with Crippen molar-refractivity contribution in [3.05, 3.63) is 40.3 Å². The summed E-state index contributed by atoms with van der Waals surface area (Å²) in [6, 6.07) is 5.04. The summed E-state index contributed by atoms with van der Waals surface area (Å²) in [5.41, 5.74) is 9.41. The Morgan fingerprint density at radius 2 is 0.875 bits per heavy atom. The number of ether oxygens (including phenoxy) is 12. The Hall–Kier alpha value is -3.58. The third kappa shape index (κ3) is 35.7. The van der Waals surface area contributed by atoms with E-state index in [1.807, 2.05) is 0 Å². The van der Waals surface area contributed by atoms with Crippen molar-refractivity contribution in [3.63, 3.8) is 0 Å². The molecule has 0 saturated heterocycles. The molecule has 3 amide bonds. The lowest BCUT2D eigenvalue weighted by atomic mass is 10.0. The number of rotatable bonds is 46. The lowest BCUT2D eigenvalue weighted by Crippen LogP contribution is -2.53. The topological polar surface area (TPSA) is 267 Å². The molecule has 0 aliphatic heterocycles. The molecule has 4 N–H and O–H groups in total. The standard InChI is InChI=1S/C42H74N6O16/c1-35(2)40(42(52)45-36(3)41(51)46-38-6-4-37(34-49)5-7-38)47-39(50)8-10-53-12-14-55-16-18-57-20-22-59-24-26-61-28-30-63-32-33-64-31-29-62-27-25-60-23-21-58-19-17-56-15-13-54-11-9-44-48-43/h4-7,35-36,40,49H,8-34H2,1-3H3,(H,45,52)(H,46,51)(H,47,50). The van der Waals surface area contributed by atoms with Gasteiger partial charge in [-0.05, 0) is 36.1 Å². The predicted octanol–water partition coefficient (Wildman–Crippen LogP) is 1.66. The molecule has 2 atom stereocenters. The van der Waals surface area contributed by atoms with E-state index in [1.165, 1.54) is 0 Å². The summed E-state index contributed by atoms with van der Waals surface area (Å²) in [6.07, 6.45) is 0.0607. The van der Waals surface area contributed by atoms with Crippen LogP contribution in [0.3, 0.4) is 0 Å². The van der Waals surface area contributed by atoms with E-state index in [1.54, 1.807) is 45.0 Å². The smallest absolute Gasteiger partial charge is 0.246 e. The van der Waals surface area contributed by atoms with Crippen molar-refractivity contribution in [2.24, 2.45) is 11.0 Å². The van der Waals surface area contributed by atoms with Crippen LogP contribution in [0, 0.1) is 5.92 Å². The summed E-state index contributed by atoms with van der Waals surface area (Å²) in [6.45, 7) is 15.6. The van der Waals surface area contributed by atoms with Gasteiger partial charge >= 0.3 is 0 Å². The number of aliphatic hydroxyl groups excluding tert-OH is 1. The van der Waals surface area contributed by atoms with Crippen molar-refractivity contribution >= 4 is 23.4 Å². The van der Waals surface area contributed by atoms with Gasteiger partial charge in [0, 0.05) is 23.6 Å². The molecule has 0 fully saturated rings. The molecule has 0 heterocycles. The number of hydrogen-bond donors (Lipinski definition) is 4. The first-order valence-corrected chi connectivity index (χ1v) is 21.8. The monoisotopic (exact) mass is 919 g/mol. The quantitative estimate of drug-likeness (QED) is 0.0314. The lowest BCUT2D eigenvalue weighted by Gasteiger charge is -2.24. The van der Waals surface area contributed by atoms with Crippen molar-refractivity contribution < 1.29 is 76.3 Å². The molecule has 64 heavy (non-hydrogen) atoms. The van der Waals surface area contributed by atoms with Gasteiger partial charge in [-0.15, -0.1) is 0 Å². The van der Waals surface area contributed by atoms with Gasteiger partial charge in [-0.1, -0.05) is 31.1 Å². The van der Waals surface area contributed by atoms with Crippen LogP contribution < -0.4 is 16.0 Å². The number of azide groups is 1. The highest BCUT2D eigenvalue weighted by atomic mass is 16.6. The number of carbonyl (C=O) groups excluding carboxylic acids is 3. The second-order valence-electron chi connectivity index (χ2n) is 13.9. The molecule has 1 aromatic rings. The van der Waals surface area contributed by atoms with E-state index < -0.39 is 23.9 Å². The van der Waals surface area contributed by atoms with Gasteiger partial charge in [0.15, 0.2) is 0 Å². The Balaban J connectivity index is 1.81. The fraction of sp³-hybridized carbons (Fsp3) is 0.786. The first-order valence-electron chi connectivity index (χ1n) is 21.8. The number of anilines is 1. The molecule has 0 bridgehead atoms. The van der Waals surface area contributed by atoms with E-state index in [2.05, 4.69) is 26.0 Å². The molecule has 0 aromatic heterocycles. The van der Waals surface area contributed by atoms with E-state index in [4.69, 9.17) is 62.4 Å². The minimum absolute atomic E-state index is 0.0607. The van der Waals surface area contributed by atoms with Crippen molar-refractivity contribution in [2.75, 3.05) is 170 Å². The SMILES string of the molecule is CC(NC(=O)C(NC(=O)CCOCCOCCOCCOCCOCCOCCOCCOCCOCCOCCOCCOCCN=[N+]=[N-])C(C)C)C(=O)Nc1ccc(CO)cc1. The number of hydrogen-bond acceptors (Lipinski definition) is 17. The van der Waals surface area contributed by atoms with Crippen molar-refractivity contribution in [2.45, 2.75) is 45.9 Å². The van der Waals surface area contributed by atoms with Crippen LogP contribution in [-0.4, -0.2) is 200 Å². The highest BCUT2D eigenvalue weighted by Gasteiger charge is 2.27. The molecular formula is C42H74N6O16. The fourth-order valence-corrected chi connectivity index (χ4v) is 4.93. The van der Waals surface area contributed by atoms with Gasteiger partial charge in [0.1, 0.15) is 12.1 Å². The summed E-state index contributed by atoms with van der Waals surface area (Å²) >= 11 is 0. The average Bonchev–Trinajstić information content (AvgIpc) is 3.29. The van der Waals surface area contributed by atoms with Crippen LogP contribution >= 0.6 is 0 Å². The summed E-state index contributed by atoms with van der Waals surface area (Å²) in [4.78, 5) is 40.6. The number of carbonyl (C=O) groups is 3. The summed E-state index contributed by atoms with van der Waals surface area (Å²) in [5.74, 6) is -1.43. The van der Waals surface area contributed by atoms with Gasteiger partial charge < -0.3 is 77.9 Å². The Morgan fingerprint density at radius 1 is 0.531 bits per heavy atom. The van der Waals surface area contributed by atoms with Crippen molar-refractivity contribution in [1.29, 1.82) is 0 Å². The summed E-state index contributed by atoms with van der Waals surface area (Å²) in [5, 5.41) is 20.6. The number of benzene rings is 1. The van der Waals surface area contributed by atoms with Crippen LogP contribution in [0.4, 0.5) is 5.69 Å². The van der Waals surface area contributed by atoms with Crippen LogP contribution in [0.25, 0.3) is 10.4 Å². The van der Waals surface area contributed by atoms with Gasteiger partial charge in [0.05, 0.1) is 165 Å². The van der Waals surface area contributed by atoms with Crippen LogP contribution in [0.15, 0.2) is 29.4 Å². The van der Waals surface area contributed by atoms with Gasteiger partial charge in [0.25, 0.3) is 0 Å². The van der Waals surface area contributed by atoms with E-state index in [-0.39, 0.29) is 31.5 Å². The van der Waals surface area contributed by atoms with Gasteiger partial charge in [-0.3, -0.25) is 14.4 Å². The molecule has 1 rings (SSSR count). The summed E-state index contributed by atoms with van der Waals surface area (Å²) in [7, 11) is 0. The van der Waals surface area contributed by atoms with Gasteiger partial charge in [-0.25, -0.2) is 0 Å². The molecule has 368 valence electrons. The number of nitrogens with one attached hydrogen (secondary N) is 3. The maximum Gasteiger partial charge on any atom is 0.246 e. The van der Waals surface area contributed by atoms with Crippen LogP contribution in [0.5, 0.6) is 0 Å². The average molecular weight is 919 g/mol. The van der Waals surface area contributed by atoms with E-state index in [9.17, 15) is 19.5 Å². The molecule has 0 radical (unpaired) electrons. The lowest BCUT2D eigenvalue weighted by molar-refractivity contribution is -0.132. The zero-order chi connectivity index (χ0) is 46.6. The molecule has 1 aromatic carbocycles. The largest absolute Gasteiger partial charge is 0.392 e. The van der Waals surface area contributed by atoms with Crippen LogP contribution in [0.1, 0.15) is 32.8 Å². The summed E-state index contributed by atoms with van der Waals surface area (Å²) < 4.78 is 65.4. The maximum absolute atomic E-state index is 12.9. The second-order valence-corrected chi connectivity index (χ2v) is 13.9. The minimum atomic E-state index is -0.844. The molecule has 0 aliphatic rings. The molecule has 0 saturated carbocycles. The van der Waals surface area contributed by atoms with Gasteiger partial charge in [-0.2, -0.15) is 0 Å². The number of aliphatic hydroxyl groups is 1. The Morgan fingerprint density at radius 3 is 1.20 bits per heavy atom. The highest BCUT2D eigenvalue weighted by molar-refractivity contribution is 5.98. The second kappa shape index (κ2) is 43.3. The maximum atomic E-state index is 12.9.